The van der Waals surface area contributed by atoms with E-state index in [2.05, 4.69) is 11.9 Å². The van der Waals surface area contributed by atoms with Crippen molar-refractivity contribution in [2.24, 2.45) is 5.92 Å². The lowest BCUT2D eigenvalue weighted by Gasteiger charge is -2.10. The fraction of sp³-hybridized carbons (Fsp3) is 0.588. The van der Waals surface area contributed by atoms with Crippen LogP contribution in [0.1, 0.15) is 67.4 Å². The Morgan fingerprint density at radius 3 is 2.32 bits per heavy atom. The summed E-state index contributed by atoms with van der Waals surface area (Å²) in [6, 6.07) is 4.68. The largest absolute Gasteiger partial charge is 0.461 e. The third-order valence-corrected chi connectivity index (χ3v) is 3.18. The van der Waals surface area contributed by atoms with Crippen molar-refractivity contribution in [2.45, 2.75) is 46.5 Å². The molecule has 0 spiro atoms. The third kappa shape index (κ3) is 6.24. The van der Waals surface area contributed by atoms with E-state index in [1.54, 1.807) is 6.07 Å². The van der Waals surface area contributed by atoms with Gasteiger partial charge in [-0.15, -0.1) is 0 Å². The number of carbonyl (C=O) groups is 2. The third-order valence-electron chi connectivity index (χ3n) is 3.18. The second-order valence-electron chi connectivity index (χ2n) is 5.39. The number of ether oxygens (including phenoxy) is 2. The average molecular weight is 307 g/mol. The Morgan fingerprint density at radius 2 is 1.73 bits per heavy atom. The molecule has 1 aromatic rings. The van der Waals surface area contributed by atoms with Crippen LogP contribution in [0.25, 0.3) is 0 Å². The predicted molar refractivity (Wildman–Crippen MR) is 83.8 cm³/mol. The monoisotopic (exact) mass is 307 g/mol. The first-order chi connectivity index (χ1) is 10.6. The number of pyridine rings is 1. The topological polar surface area (TPSA) is 65.5 Å². The summed E-state index contributed by atoms with van der Waals surface area (Å²) in [6.45, 7) is 6.86. The van der Waals surface area contributed by atoms with Gasteiger partial charge >= 0.3 is 11.9 Å². The Labute approximate surface area is 132 Å². The highest BCUT2D eigenvalue weighted by atomic mass is 16.5. The minimum atomic E-state index is -0.512. The highest BCUT2D eigenvalue weighted by molar-refractivity contribution is 5.91. The zero-order valence-electron chi connectivity index (χ0n) is 13.6. The van der Waals surface area contributed by atoms with Crippen molar-refractivity contribution in [3.05, 3.63) is 29.6 Å². The Morgan fingerprint density at radius 1 is 1.09 bits per heavy atom. The van der Waals surface area contributed by atoms with Gasteiger partial charge < -0.3 is 9.47 Å². The normalized spacial score (nSPS) is 11.8. The first-order valence-corrected chi connectivity index (χ1v) is 7.89. The lowest BCUT2D eigenvalue weighted by molar-refractivity contribution is 0.0435. The van der Waals surface area contributed by atoms with Crippen LogP contribution in [0.5, 0.6) is 0 Å². The van der Waals surface area contributed by atoms with Crippen LogP contribution < -0.4 is 0 Å². The quantitative estimate of drug-likeness (QED) is 0.515. The summed E-state index contributed by atoms with van der Waals surface area (Å²) in [5.41, 5.74) is 0.265. The summed E-state index contributed by atoms with van der Waals surface area (Å²) in [5, 5.41) is 0. The molecule has 1 unspecified atom stereocenters. The van der Waals surface area contributed by atoms with Gasteiger partial charge in [-0.1, -0.05) is 39.7 Å². The van der Waals surface area contributed by atoms with Crippen LogP contribution in [0.4, 0.5) is 0 Å². The van der Waals surface area contributed by atoms with Gasteiger partial charge in [0.25, 0.3) is 0 Å². The first-order valence-electron chi connectivity index (χ1n) is 7.89. The molecule has 1 atom stereocenters. The molecule has 0 saturated carbocycles. The van der Waals surface area contributed by atoms with E-state index in [1.165, 1.54) is 12.1 Å². The molecule has 0 aromatic carbocycles. The summed E-state index contributed by atoms with van der Waals surface area (Å²) in [6.07, 6.45) is 3.81. The van der Waals surface area contributed by atoms with Gasteiger partial charge in [-0.2, -0.15) is 0 Å². The van der Waals surface area contributed by atoms with Crippen LogP contribution in [0.3, 0.4) is 0 Å². The SMILES string of the molecule is CCCCOC(=O)c1cccc(C(=O)OCC(C)CCC)n1. The molecule has 1 aromatic heterocycles. The van der Waals surface area contributed by atoms with E-state index in [-0.39, 0.29) is 11.4 Å². The average Bonchev–Trinajstić information content (AvgIpc) is 2.53. The number of carbonyl (C=O) groups excluding carboxylic acids is 2. The smallest absolute Gasteiger partial charge is 0.356 e. The highest BCUT2D eigenvalue weighted by Gasteiger charge is 2.15. The van der Waals surface area contributed by atoms with Gasteiger partial charge in [0.15, 0.2) is 0 Å². The van der Waals surface area contributed by atoms with Gasteiger partial charge in [-0.05, 0) is 30.9 Å². The maximum Gasteiger partial charge on any atom is 0.356 e. The van der Waals surface area contributed by atoms with Gasteiger partial charge in [0.1, 0.15) is 11.4 Å². The van der Waals surface area contributed by atoms with Crippen molar-refractivity contribution in [1.82, 2.24) is 4.98 Å². The zero-order valence-corrected chi connectivity index (χ0v) is 13.6. The molecule has 0 fully saturated rings. The summed E-state index contributed by atoms with van der Waals surface area (Å²) in [4.78, 5) is 27.8. The fourth-order valence-electron chi connectivity index (χ4n) is 1.91. The van der Waals surface area contributed by atoms with Crippen molar-refractivity contribution in [3.8, 4) is 0 Å². The van der Waals surface area contributed by atoms with E-state index in [1.807, 2.05) is 13.8 Å². The first kappa shape index (κ1) is 18.1. The lowest BCUT2D eigenvalue weighted by atomic mass is 10.1. The second kappa shape index (κ2) is 9.92. The molecule has 122 valence electrons. The van der Waals surface area contributed by atoms with Crippen molar-refractivity contribution in [3.63, 3.8) is 0 Å². The lowest BCUT2D eigenvalue weighted by Crippen LogP contribution is -2.15. The number of unbranched alkanes of at least 4 members (excludes halogenated alkanes) is 1. The highest BCUT2D eigenvalue weighted by Crippen LogP contribution is 2.08. The summed E-state index contributed by atoms with van der Waals surface area (Å²) < 4.78 is 10.3. The molecule has 0 N–H and O–H groups in total. The van der Waals surface area contributed by atoms with E-state index in [9.17, 15) is 9.59 Å². The number of aromatic nitrogens is 1. The van der Waals surface area contributed by atoms with Gasteiger partial charge in [0.2, 0.25) is 0 Å². The number of rotatable bonds is 9. The molecule has 1 heterocycles. The minimum Gasteiger partial charge on any atom is -0.461 e. The number of hydrogen-bond donors (Lipinski definition) is 0. The predicted octanol–water partition coefficient (Wildman–Crippen LogP) is 3.63. The number of esters is 2. The molecule has 0 saturated heterocycles. The summed E-state index contributed by atoms with van der Waals surface area (Å²) in [5.74, 6) is -0.704. The summed E-state index contributed by atoms with van der Waals surface area (Å²) in [7, 11) is 0. The molecule has 0 bridgehead atoms. The zero-order chi connectivity index (χ0) is 16.4. The maximum atomic E-state index is 12.0. The van der Waals surface area contributed by atoms with Crippen molar-refractivity contribution in [2.75, 3.05) is 13.2 Å². The van der Waals surface area contributed by atoms with Gasteiger partial charge in [-0.3, -0.25) is 0 Å². The molecule has 5 nitrogen and oxygen atoms in total. The van der Waals surface area contributed by atoms with Gasteiger partial charge in [0.05, 0.1) is 13.2 Å². The molecule has 0 aliphatic carbocycles. The van der Waals surface area contributed by atoms with Crippen LogP contribution >= 0.6 is 0 Å². The van der Waals surface area contributed by atoms with Gasteiger partial charge in [-0.25, -0.2) is 14.6 Å². The van der Waals surface area contributed by atoms with Crippen LogP contribution in [0.15, 0.2) is 18.2 Å². The van der Waals surface area contributed by atoms with E-state index in [0.29, 0.717) is 19.1 Å². The second-order valence-corrected chi connectivity index (χ2v) is 5.39. The standard InChI is InChI=1S/C17H25NO4/c1-4-6-11-21-16(19)14-9-7-10-15(18-14)17(20)22-12-13(3)8-5-2/h7,9-10,13H,4-6,8,11-12H2,1-3H3. The Balaban J connectivity index is 2.59. The Bertz CT molecular complexity index is 487. The van der Waals surface area contributed by atoms with Crippen molar-refractivity contribution < 1.29 is 19.1 Å². The Kier molecular flexibility index (Phi) is 8.18. The van der Waals surface area contributed by atoms with Crippen molar-refractivity contribution in [1.29, 1.82) is 0 Å². The molecular formula is C17H25NO4. The fourth-order valence-corrected chi connectivity index (χ4v) is 1.91. The van der Waals surface area contributed by atoms with Crippen LogP contribution in [0, 0.1) is 5.92 Å². The molecule has 0 amide bonds. The van der Waals surface area contributed by atoms with E-state index < -0.39 is 11.9 Å². The van der Waals surface area contributed by atoms with Crippen molar-refractivity contribution >= 4 is 11.9 Å². The maximum absolute atomic E-state index is 12.0. The molecular weight excluding hydrogens is 282 g/mol. The molecule has 22 heavy (non-hydrogen) atoms. The van der Waals surface area contributed by atoms with E-state index >= 15 is 0 Å². The van der Waals surface area contributed by atoms with Crippen LogP contribution in [0.2, 0.25) is 0 Å². The molecule has 0 aliphatic heterocycles. The van der Waals surface area contributed by atoms with Crippen LogP contribution in [-0.4, -0.2) is 30.1 Å². The number of nitrogens with zero attached hydrogens (tertiary/aromatic N) is 1. The van der Waals surface area contributed by atoms with E-state index in [4.69, 9.17) is 9.47 Å². The molecule has 5 heteroatoms. The molecule has 0 radical (unpaired) electrons. The van der Waals surface area contributed by atoms with Gasteiger partial charge in [0, 0.05) is 0 Å². The Hall–Kier alpha value is -1.91. The molecule has 0 aliphatic rings. The van der Waals surface area contributed by atoms with Crippen LogP contribution in [-0.2, 0) is 9.47 Å². The van der Waals surface area contributed by atoms with E-state index in [0.717, 1.165) is 25.7 Å². The summed E-state index contributed by atoms with van der Waals surface area (Å²) >= 11 is 0. The number of hydrogen-bond acceptors (Lipinski definition) is 5. The minimum absolute atomic E-state index is 0.132. The molecule has 1 rings (SSSR count).